The normalized spacial score (nSPS) is 14.4. The SMILES string of the molecule is C[C@@H](n1cc(-c2cc(F)cc(Cl)c2)cn1)[C@](O)(Cn1cncn1)c1ccc(F)cc1F. The van der Waals surface area contributed by atoms with Gasteiger partial charge >= 0.3 is 0 Å². The number of nitrogens with zero attached hydrogens (tertiary/aromatic N) is 5. The number of aromatic nitrogens is 5. The summed E-state index contributed by atoms with van der Waals surface area (Å²) >= 11 is 5.94. The Balaban J connectivity index is 1.76. The van der Waals surface area contributed by atoms with Gasteiger partial charge in [-0.2, -0.15) is 10.2 Å². The van der Waals surface area contributed by atoms with Crippen LogP contribution >= 0.6 is 11.6 Å². The summed E-state index contributed by atoms with van der Waals surface area (Å²) in [6, 6.07) is 6.21. The molecule has 0 aliphatic rings. The van der Waals surface area contributed by atoms with E-state index in [0.29, 0.717) is 17.2 Å². The first kappa shape index (κ1) is 21.1. The second kappa shape index (κ2) is 8.16. The van der Waals surface area contributed by atoms with Gasteiger partial charge in [0, 0.05) is 28.4 Å². The maximum atomic E-state index is 14.7. The maximum absolute atomic E-state index is 14.7. The Morgan fingerprint density at radius 2 is 1.87 bits per heavy atom. The van der Waals surface area contributed by atoms with E-state index in [9.17, 15) is 18.3 Å². The van der Waals surface area contributed by atoms with E-state index in [-0.39, 0.29) is 17.1 Å². The van der Waals surface area contributed by atoms with Gasteiger partial charge in [-0.1, -0.05) is 17.7 Å². The van der Waals surface area contributed by atoms with E-state index in [0.717, 1.165) is 6.07 Å². The number of aliphatic hydroxyl groups is 1. The minimum absolute atomic E-state index is 0.122. The quantitative estimate of drug-likeness (QED) is 0.477. The molecule has 0 amide bonds. The first-order valence-corrected chi connectivity index (χ1v) is 9.65. The Morgan fingerprint density at radius 1 is 1.06 bits per heavy atom. The molecule has 2 atom stereocenters. The van der Waals surface area contributed by atoms with Crippen LogP contribution in [0.2, 0.25) is 5.02 Å². The van der Waals surface area contributed by atoms with Crippen molar-refractivity contribution in [2.45, 2.75) is 25.1 Å². The van der Waals surface area contributed by atoms with Gasteiger partial charge in [-0.25, -0.2) is 22.8 Å². The molecule has 4 aromatic rings. The van der Waals surface area contributed by atoms with E-state index in [2.05, 4.69) is 15.2 Å². The van der Waals surface area contributed by atoms with Gasteiger partial charge in [0.15, 0.2) is 0 Å². The van der Waals surface area contributed by atoms with Gasteiger partial charge in [0.25, 0.3) is 0 Å². The largest absolute Gasteiger partial charge is 0.381 e. The minimum Gasteiger partial charge on any atom is -0.381 e. The van der Waals surface area contributed by atoms with E-state index in [1.165, 1.54) is 46.4 Å². The third kappa shape index (κ3) is 4.19. The van der Waals surface area contributed by atoms with Crippen LogP contribution in [-0.4, -0.2) is 29.7 Å². The summed E-state index contributed by atoms with van der Waals surface area (Å²) in [7, 11) is 0. The zero-order valence-electron chi connectivity index (χ0n) is 16.3. The number of halogens is 4. The predicted molar refractivity (Wildman–Crippen MR) is 108 cm³/mol. The fraction of sp³-hybridized carbons (Fsp3) is 0.190. The van der Waals surface area contributed by atoms with Crippen molar-refractivity contribution in [2.24, 2.45) is 0 Å². The van der Waals surface area contributed by atoms with E-state index >= 15 is 0 Å². The van der Waals surface area contributed by atoms with Crippen molar-refractivity contribution in [2.75, 3.05) is 0 Å². The van der Waals surface area contributed by atoms with Gasteiger partial charge in [-0.3, -0.25) is 4.68 Å². The molecule has 0 saturated heterocycles. The zero-order valence-corrected chi connectivity index (χ0v) is 17.0. The van der Waals surface area contributed by atoms with Gasteiger partial charge in [-0.15, -0.1) is 0 Å². The molecule has 0 aliphatic carbocycles. The van der Waals surface area contributed by atoms with Crippen molar-refractivity contribution in [3.8, 4) is 11.1 Å². The molecule has 4 rings (SSSR count). The first-order valence-electron chi connectivity index (χ1n) is 9.27. The highest BCUT2D eigenvalue weighted by Gasteiger charge is 2.40. The summed E-state index contributed by atoms with van der Waals surface area (Å²) in [5.74, 6) is -2.17. The fourth-order valence-corrected chi connectivity index (χ4v) is 3.70. The van der Waals surface area contributed by atoms with Crippen LogP contribution in [0, 0.1) is 17.5 Å². The Labute approximate surface area is 180 Å². The molecule has 2 heterocycles. The lowest BCUT2D eigenvalue weighted by molar-refractivity contribution is -0.0368. The summed E-state index contributed by atoms with van der Waals surface area (Å²) in [4.78, 5) is 3.85. The van der Waals surface area contributed by atoms with Gasteiger partial charge < -0.3 is 5.11 Å². The number of hydrogen-bond acceptors (Lipinski definition) is 4. The van der Waals surface area contributed by atoms with E-state index < -0.39 is 29.1 Å². The Kier molecular flexibility index (Phi) is 5.55. The third-order valence-electron chi connectivity index (χ3n) is 5.15. The molecule has 31 heavy (non-hydrogen) atoms. The summed E-state index contributed by atoms with van der Waals surface area (Å²) in [5.41, 5.74) is -0.941. The van der Waals surface area contributed by atoms with E-state index in [1.807, 2.05) is 0 Å². The predicted octanol–water partition coefficient (Wildman–Crippen LogP) is 4.36. The van der Waals surface area contributed by atoms with Crippen LogP contribution in [0.1, 0.15) is 18.5 Å². The smallest absolute Gasteiger partial charge is 0.137 e. The second-order valence-corrected chi connectivity index (χ2v) is 7.62. The van der Waals surface area contributed by atoms with Gasteiger partial charge in [0.05, 0.1) is 18.8 Å². The van der Waals surface area contributed by atoms with Crippen molar-refractivity contribution in [1.29, 1.82) is 0 Å². The van der Waals surface area contributed by atoms with Crippen molar-refractivity contribution < 1.29 is 18.3 Å². The molecule has 10 heteroatoms. The number of rotatable bonds is 6. The molecule has 0 unspecified atom stereocenters. The molecular weight excluding hydrogens is 431 g/mol. The Bertz CT molecular complexity index is 1190. The molecular formula is C21H17ClF3N5O. The summed E-state index contributed by atoms with van der Waals surface area (Å²) in [5, 5.41) is 20.1. The zero-order chi connectivity index (χ0) is 22.2. The average Bonchev–Trinajstić information content (AvgIpc) is 3.38. The lowest BCUT2D eigenvalue weighted by Gasteiger charge is -2.34. The molecule has 0 fully saturated rings. The minimum atomic E-state index is -1.87. The highest BCUT2D eigenvalue weighted by Crippen LogP contribution is 2.37. The Hall–Kier alpha value is -3.17. The molecule has 0 aliphatic heterocycles. The molecule has 0 spiro atoms. The van der Waals surface area contributed by atoms with Crippen LogP contribution in [0.3, 0.4) is 0 Å². The summed E-state index contributed by atoms with van der Waals surface area (Å²) in [6.07, 6.45) is 5.73. The van der Waals surface area contributed by atoms with Gasteiger partial charge in [0.2, 0.25) is 0 Å². The monoisotopic (exact) mass is 447 g/mol. The lowest BCUT2D eigenvalue weighted by atomic mass is 9.86. The molecule has 0 radical (unpaired) electrons. The van der Waals surface area contributed by atoms with Crippen molar-refractivity contribution in [1.82, 2.24) is 24.5 Å². The molecule has 2 aromatic heterocycles. The lowest BCUT2D eigenvalue weighted by Crippen LogP contribution is -2.40. The maximum Gasteiger partial charge on any atom is 0.137 e. The summed E-state index contributed by atoms with van der Waals surface area (Å²) in [6.45, 7) is 1.47. The molecule has 0 saturated carbocycles. The van der Waals surface area contributed by atoms with Gasteiger partial charge in [0.1, 0.15) is 35.7 Å². The first-order chi connectivity index (χ1) is 14.8. The van der Waals surface area contributed by atoms with Crippen LogP contribution in [0.5, 0.6) is 0 Å². The van der Waals surface area contributed by atoms with Crippen LogP contribution in [0.25, 0.3) is 11.1 Å². The highest BCUT2D eigenvalue weighted by atomic mass is 35.5. The number of benzene rings is 2. The third-order valence-corrected chi connectivity index (χ3v) is 5.37. The van der Waals surface area contributed by atoms with Crippen LogP contribution < -0.4 is 0 Å². The van der Waals surface area contributed by atoms with Crippen LogP contribution in [0.4, 0.5) is 13.2 Å². The summed E-state index contributed by atoms with van der Waals surface area (Å²) < 4.78 is 44.7. The molecule has 160 valence electrons. The van der Waals surface area contributed by atoms with Crippen molar-refractivity contribution in [3.05, 3.63) is 89.5 Å². The van der Waals surface area contributed by atoms with Crippen LogP contribution in [-0.2, 0) is 12.1 Å². The van der Waals surface area contributed by atoms with Crippen molar-refractivity contribution >= 4 is 11.6 Å². The fourth-order valence-electron chi connectivity index (χ4n) is 3.48. The van der Waals surface area contributed by atoms with E-state index in [1.54, 1.807) is 19.2 Å². The molecule has 0 bridgehead atoms. The molecule has 2 aromatic carbocycles. The Morgan fingerprint density at radius 3 is 2.55 bits per heavy atom. The topological polar surface area (TPSA) is 68.8 Å². The van der Waals surface area contributed by atoms with Gasteiger partial charge in [-0.05, 0) is 36.8 Å². The average molecular weight is 448 g/mol. The molecule has 6 nitrogen and oxygen atoms in total. The van der Waals surface area contributed by atoms with Crippen molar-refractivity contribution in [3.63, 3.8) is 0 Å². The highest BCUT2D eigenvalue weighted by molar-refractivity contribution is 6.30. The molecule has 1 N–H and O–H groups in total. The van der Waals surface area contributed by atoms with Crippen LogP contribution in [0.15, 0.2) is 61.4 Å². The standard InChI is InChI=1S/C21H17ClF3N5O/c1-13(30-9-15(8-27-30)14-4-16(22)6-18(24)5-14)21(31,10-29-12-26-11-28-29)19-3-2-17(23)7-20(19)25/h2-9,11-13,31H,10H2,1H3/t13-,21-/m1/s1. The number of hydrogen-bond donors (Lipinski definition) is 1. The van der Waals surface area contributed by atoms with E-state index in [4.69, 9.17) is 11.6 Å². The second-order valence-electron chi connectivity index (χ2n) is 7.18.